The monoisotopic (exact) mass is 451 g/mol. The maximum absolute atomic E-state index is 12.9. The summed E-state index contributed by atoms with van der Waals surface area (Å²) in [6, 6.07) is 6.96. The first-order chi connectivity index (χ1) is 14.4. The van der Waals surface area contributed by atoms with Crippen LogP contribution in [-0.2, 0) is 19.5 Å². The van der Waals surface area contributed by atoms with Crippen molar-refractivity contribution >= 4 is 16.1 Å². The Labute approximate surface area is 184 Å². The van der Waals surface area contributed by atoms with E-state index in [1.807, 2.05) is 39.8 Å². The lowest BCUT2D eigenvalue weighted by Crippen LogP contribution is -2.77. The topological polar surface area (TPSA) is 88.2 Å². The van der Waals surface area contributed by atoms with Crippen LogP contribution in [0.15, 0.2) is 29.2 Å². The van der Waals surface area contributed by atoms with Gasteiger partial charge in [-0.15, -0.1) is 0 Å². The number of carbonyl (C=O) groups is 1. The molecule has 2 spiro atoms. The van der Waals surface area contributed by atoms with Gasteiger partial charge >= 0.3 is 6.09 Å². The Hall–Kier alpha value is -1.68. The standard InChI is InChI=1S/C22H33N3O5S/c1-17-5-7-18(8-6-17)31(27,28)25-14-21(15-25)16-29-22(13-23-21)9-11-24(12-10-22)19(26)30-20(2,3)4/h5-8,23H,9-16H2,1-4H3. The van der Waals surface area contributed by atoms with Crippen molar-refractivity contribution in [2.24, 2.45) is 0 Å². The quantitative estimate of drug-likeness (QED) is 0.741. The van der Waals surface area contributed by atoms with E-state index in [1.165, 1.54) is 4.31 Å². The molecule has 1 aromatic rings. The normalized spacial score (nSPS) is 23.5. The molecule has 3 fully saturated rings. The minimum atomic E-state index is -3.48. The van der Waals surface area contributed by atoms with Crippen LogP contribution in [0.2, 0.25) is 0 Å². The molecule has 0 bridgehead atoms. The molecule has 172 valence electrons. The summed E-state index contributed by atoms with van der Waals surface area (Å²) < 4.78 is 39.0. The highest BCUT2D eigenvalue weighted by atomic mass is 32.2. The average Bonchev–Trinajstić information content (AvgIpc) is 2.66. The molecule has 3 aliphatic rings. The largest absolute Gasteiger partial charge is 0.444 e. The van der Waals surface area contributed by atoms with Gasteiger partial charge in [0.15, 0.2) is 0 Å². The van der Waals surface area contributed by atoms with Crippen LogP contribution >= 0.6 is 0 Å². The van der Waals surface area contributed by atoms with E-state index in [2.05, 4.69) is 5.32 Å². The minimum Gasteiger partial charge on any atom is -0.444 e. The fraction of sp³-hybridized carbons (Fsp3) is 0.682. The smallest absolute Gasteiger partial charge is 0.410 e. The van der Waals surface area contributed by atoms with Crippen molar-refractivity contribution in [3.8, 4) is 0 Å². The summed E-state index contributed by atoms with van der Waals surface area (Å²) in [5, 5.41) is 3.57. The number of hydrogen-bond acceptors (Lipinski definition) is 6. The van der Waals surface area contributed by atoms with E-state index >= 15 is 0 Å². The number of nitrogens with zero attached hydrogens (tertiary/aromatic N) is 2. The number of rotatable bonds is 2. The number of ether oxygens (including phenoxy) is 2. The third kappa shape index (κ3) is 4.60. The molecule has 0 radical (unpaired) electrons. The second kappa shape index (κ2) is 7.72. The number of aryl methyl sites for hydroxylation is 1. The van der Waals surface area contributed by atoms with Gasteiger partial charge in [-0.2, -0.15) is 4.31 Å². The molecule has 1 N–H and O–H groups in total. The predicted molar refractivity (Wildman–Crippen MR) is 116 cm³/mol. The Kier molecular flexibility index (Phi) is 5.61. The van der Waals surface area contributed by atoms with E-state index in [0.717, 1.165) is 18.4 Å². The Morgan fingerprint density at radius 3 is 2.26 bits per heavy atom. The van der Waals surface area contributed by atoms with Crippen LogP contribution in [-0.4, -0.2) is 79.8 Å². The second-order valence-electron chi connectivity index (χ2n) is 10.2. The van der Waals surface area contributed by atoms with Gasteiger partial charge in [-0.1, -0.05) is 17.7 Å². The van der Waals surface area contributed by atoms with Gasteiger partial charge < -0.3 is 19.7 Å². The molecule has 4 rings (SSSR count). The van der Waals surface area contributed by atoms with Crippen molar-refractivity contribution in [1.29, 1.82) is 0 Å². The van der Waals surface area contributed by atoms with Crippen LogP contribution in [0.5, 0.6) is 0 Å². The summed E-state index contributed by atoms with van der Waals surface area (Å²) in [6.07, 6.45) is 1.19. The third-order valence-corrected chi connectivity index (χ3v) is 8.19. The fourth-order valence-corrected chi connectivity index (χ4v) is 5.96. The number of amides is 1. The Morgan fingerprint density at radius 2 is 1.74 bits per heavy atom. The molecule has 3 aliphatic heterocycles. The lowest BCUT2D eigenvalue weighted by molar-refractivity contribution is -0.152. The molecule has 1 amide bonds. The lowest BCUT2D eigenvalue weighted by Gasteiger charge is -2.56. The number of carbonyl (C=O) groups excluding carboxylic acids is 1. The highest BCUT2D eigenvalue weighted by molar-refractivity contribution is 7.89. The van der Waals surface area contributed by atoms with Crippen LogP contribution in [0.1, 0.15) is 39.2 Å². The van der Waals surface area contributed by atoms with E-state index in [4.69, 9.17) is 9.47 Å². The van der Waals surface area contributed by atoms with Gasteiger partial charge in [-0.05, 0) is 52.7 Å². The average molecular weight is 452 g/mol. The summed E-state index contributed by atoms with van der Waals surface area (Å²) in [6.45, 7) is 10.7. The summed E-state index contributed by atoms with van der Waals surface area (Å²) in [4.78, 5) is 14.4. The Balaban J connectivity index is 1.29. The zero-order valence-corrected chi connectivity index (χ0v) is 19.6. The third-order valence-electron chi connectivity index (χ3n) is 6.38. The van der Waals surface area contributed by atoms with Gasteiger partial charge in [0.2, 0.25) is 10.0 Å². The summed E-state index contributed by atoms with van der Waals surface area (Å²) in [5.74, 6) is 0. The van der Waals surface area contributed by atoms with Gasteiger partial charge in [0.05, 0.1) is 22.6 Å². The van der Waals surface area contributed by atoms with Crippen LogP contribution in [0.25, 0.3) is 0 Å². The van der Waals surface area contributed by atoms with E-state index < -0.39 is 15.6 Å². The number of nitrogens with one attached hydrogen (secondary N) is 1. The van der Waals surface area contributed by atoms with Gasteiger partial charge in [0.25, 0.3) is 0 Å². The first-order valence-corrected chi connectivity index (χ1v) is 12.3. The van der Waals surface area contributed by atoms with Crippen LogP contribution in [0, 0.1) is 6.92 Å². The number of morpholine rings is 1. The molecule has 31 heavy (non-hydrogen) atoms. The summed E-state index contributed by atoms with van der Waals surface area (Å²) in [7, 11) is -3.48. The molecule has 0 aromatic heterocycles. The van der Waals surface area contributed by atoms with Crippen molar-refractivity contribution in [3.63, 3.8) is 0 Å². The Morgan fingerprint density at radius 1 is 1.13 bits per heavy atom. The van der Waals surface area contributed by atoms with Gasteiger partial charge in [-0.25, -0.2) is 13.2 Å². The molecule has 9 heteroatoms. The van der Waals surface area contributed by atoms with Crippen molar-refractivity contribution in [3.05, 3.63) is 29.8 Å². The fourth-order valence-electron chi connectivity index (χ4n) is 4.35. The molecule has 8 nitrogen and oxygen atoms in total. The molecule has 3 saturated heterocycles. The second-order valence-corrected chi connectivity index (χ2v) is 12.1. The SMILES string of the molecule is Cc1ccc(S(=O)(=O)N2CC3(COC4(CCN(C(=O)OC(C)(C)C)CC4)CN3)C2)cc1. The summed E-state index contributed by atoms with van der Waals surface area (Å²) in [5.41, 5.74) is -0.105. The van der Waals surface area contributed by atoms with Crippen molar-refractivity contribution < 1.29 is 22.7 Å². The predicted octanol–water partition coefficient (Wildman–Crippen LogP) is 2.13. The Bertz CT molecular complexity index is 913. The highest BCUT2D eigenvalue weighted by Crippen LogP contribution is 2.36. The van der Waals surface area contributed by atoms with E-state index in [0.29, 0.717) is 44.2 Å². The van der Waals surface area contributed by atoms with Crippen molar-refractivity contribution in [1.82, 2.24) is 14.5 Å². The van der Waals surface area contributed by atoms with Gasteiger partial charge in [0, 0.05) is 32.7 Å². The lowest BCUT2D eigenvalue weighted by atomic mass is 9.84. The molecule has 1 aromatic carbocycles. The minimum absolute atomic E-state index is 0.279. The molecule has 0 unspecified atom stereocenters. The molecular weight excluding hydrogens is 418 g/mol. The van der Waals surface area contributed by atoms with E-state index in [-0.39, 0.29) is 17.2 Å². The van der Waals surface area contributed by atoms with Crippen molar-refractivity contribution in [2.45, 2.75) is 62.2 Å². The zero-order valence-electron chi connectivity index (χ0n) is 18.8. The summed E-state index contributed by atoms with van der Waals surface area (Å²) >= 11 is 0. The molecular formula is C22H33N3O5S. The van der Waals surface area contributed by atoms with Crippen LogP contribution < -0.4 is 5.32 Å². The zero-order chi connectivity index (χ0) is 22.5. The number of benzene rings is 1. The number of hydrogen-bond donors (Lipinski definition) is 1. The van der Waals surface area contributed by atoms with Crippen LogP contribution in [0.4, 0.5) is 4.79 Å². The number of piperidine rings is 1. The van der Waals surface area contributed by atoms with Gasteiger partial charge in [-0.3, -0.25) is 0 Å². The van der Waals surface area contributed by atoms with Crippen molar-refractivity contribution in [2.75, 3.05) is 39.3 Å². The maximum Gasteiger partial charge on any atom is 0.410 e. The first kappa shape index (κ1) is 22.5. The molecule has 3 heterocycles. The van der Waals surface area contributed by atoms with Crippen LogP contribution in [0.3, 0.4) is 0 Å². The molecule has 0 aliphatic carbocycles. The van der Waals surface area contributed by atoms with Gasteiger partial charge in [0.1, 0.15) is 5.60 Å². The van der Waals surface area contributed by atoms with E-state index in [1.54, 1.807) is 17.0 Å². The number of likely N-dealkylation sites (tertiary alicyclic amines) is 1. The molecule has 0 atom stereocenters. The first-order valence-electron chi connectivity index (χ1n) is 10.9. The highest BCUT2D eigenvalue weighted by Gasteiger charge is 2.54. The molecule has 0 saturated carbocycles. The van der Waals surface area contributed by atoms with E-state index in [9.17, 15) is 13.2 Å². The maximum atomic E-state index is 12.9. The number of sulfonamides is 1.